The Hall–Kier alpha value is -3.68. The number of benzene rings is 1. The Morgan fingerprint density at radius 1 is 1.06 bits per heavy atom. The highest BCUT2D eigenvalue weighted by molar-refractivity contribution is 6.01. The minimum atomic E-state index is -0.574. The van der Waals surface area contributed by atoms with E-state index >= 15 is 0 Å². The highest BCUT2D eigenvalue weighted by atomic mass is 16.3. The maximum atomic E-state index is 13.4. The Labute approximate surface area is 197 Å². The number of carbonyl (C=O) groups excluding carboxylic acids is 2. The van der Waals surface area contributed by atoms with Crippen LogP contribution in [0.1, 0.15) is 53.7 Å². The van der Waals surface area contributed by atoms with Crippen molar-refractivity contribution in [2.75, 3.05) is 13.1 Å². The first-order valence-corrected chi connectivity index (χ1v) is 11.9. The lowest BCUT2D eigenvalue weighted by Crippen LogP contribution is -2.42. The van der Waals surface area contributed by atoms with Gasteiger partial charge in [0, 0.05) is 44.2 Å². The third-order valence-electron chi connectivity index (χ3n) is 6.80. The largest absolute Gasteiger partial charge is 0.505 e. The molecule has 1 saturated heterocycles. The summed E-state index contributed by atoms with van der Waals surface area (Å²) in [6.07, 6.45) is 4.65. The smallest absolute Gasteiger partial charge is 0.267 e. The number of amides is 2. The van der Waals surface area contributed by atoms with Gasteiger partial charge in [-0.05, 0) is 43.4 Å². The molecule has 1 saturated carbocycles. The molecule has 3 heterocycles. The fraction of sp³-hybridized carbons (Fsp3) is 0.385. The van der Waals surface area contributed by atoms with Crippen molar-refractivity contribution >= 4 is 22.8 Å². The van der Waals surface area contributed by atoms with Crippen LogP contribution in [-0.4, -0.2) is 50.5 Å². The third kappa shape index (κ3) is 4.27. The number of rotatable bonds is 7. The minimum Gasteiger partial charge on any atom is -0.505 e. The number of pyridine rings is 2. The molecule has 0 atom stereocenters. The zero-order chi connectivity index (χ0) is 23.7. The van der Waals surface area contributed by atoms with Gasteiger partial charge in [0.25, 0.3) is 11.5 Å². The van der Waals surface area contributed by atoms with E-state index in [1.807, 2.05) is 36.4 Å². The molecule has 0 spiro atoms. The van der Waals surface area contributed by atoms with E-state index in [-0.39, 0.29) is 35.3 Å². The second kappa shape index (κ2) is 9.29. The standard InChI is InChI=1S/C26H28N4O4/c31-21-10-5-13-29(21)14-15-30-20-12-11-19(16-17-6-2-1-3-7-17)27-23(20)24(32)22(26(30)34)25(33)28-18-8-4-9-18/h1-3,6-7,11-12,18,32H,4-5,8-10,13-16H2,(H,28,33). The van der Waals surface area contributed by atoms with Crippen molar-refractivity contribution in [2.24, 2.45) is 0 Å². The summed E-state index contributed by atoms with van der Waals surface area (Å²) in [5, 5.41) is 13.9. The van der Waals surface area contributed by atoms with E-state index in [1.54, 1.807) is 11.0 Å². The molecule has 1 aliphatic heterocycles. The Morgan fingerprint density at radius 3 is 2.53 bits per heavy atom. The van der Waals surface area contributed by atoms with Gasteiger partial charge in [-0.1, -0.05) is 30.3 Å². The fourth-order valence-corrected chi connectivity index (χ4v) is 4.65. The Bertz CT molecular complexity index is 1300. The van der Waals surface area contributed by atoms with Crippen LogP contribution in [-0.2, 0) is 17.8 Å². The summed E-state index contributed by atoms with van der Waals surface area (Å²) in [6.45, 7) is 1.26. The van der Waals surface area contributed by atoms with Gasteiger partial charge >= 0.3 is 0 Å². The van der Waals surface area contributed by atoms with Gasteiger partial charge in [0.05, 0.1) is 5.52 Å². The lowest BCUT2D eigenvalue weighted by Gasteiger charge is -2.26. The van der Waals surface area contributed by atoms with Crippen molar-refractivity contribution in [1.82, 2.24) is 19.8 Å². The molecule has 0 unspecified atom stereocenters. The molecule has 2 aromatic heterocycles. The van der Waals surface area contributed by atoms with Gasteiger partial charge in [-0.2, -0.15) is 0 Å². The summed E-state index contributed by atoms with van der Waals surface area (Å²) in [4.78, 5) is 44.9. The summed E-state index contributed by atoms with van der Waals surface area (Å²) >= 11 is 0. The van der Waals surface area contributed by atoms with Crippen LogP contribution in [0.4, 0.5) is 0 Å². The fourth-order valence-electron chi connectivity index (χ4n) is 4.65. The van der Waals surface area contributed by atoms with Crippen LogP contribution < -0.4 is 10.9 Å². The normalized spacial score (nSPS) is 16.1. The molecular weight excluding hydrogens is 432 g/mol. The Kier molecular flexibility index (Phi) is 6.04. The summed E-state index contributed by atoms with van der Waals surface area (Å²) in [5.74, 6) is -0.891. The molecule has 2 aliphatic rings. The molecule has 5 rings (SSSR count). The number of hydrogen-bond acceptors (Lipinski definition) is 5. The average Bonchev–Trinajstić information content (AvgIpc) is 3.22. The predicted octanol–water partition coefficient (Wildman–Crippen LogP) is 2.60. The molecule has 0 bridgehead atoms. The number of nitrogens with zero attached hydrogens (tertiary/aromatic N) is 3. The van der Waals surface area contributed by atoms with E-state index in [0.29, 0.717) is 31.4 Å². The van der Waals surface area contributed by atoms with Crippen molar-refractivity contribution in [3.63, 3.8) is 0 Å². The second-order valence-corrected chi connectivity index (χ2v) is 9.10. The number of aromatic hydroxyl groups is 1. The predicted molar refractivity (Wildman–Crippen MR) is 128 cm³/mol. The van der Waals surface area contributed by atoms with Crippen molar-refractivity contribution in [1.29, 1.82) is 0 Å². The Morgan fingerprint density at radius 2 is 1.85 bits per heavy atom. The average molecular weight is 461 g/mol. The van der Waals surface area contributed by atoms with Crippen LogP contribution in [0.15, 0.2) is 47.3 Å². The molecule has 2 N–H and O–H groups in total. The molecule has 2 amide bonds. The molecule has 34 heavy (non-hydrogen) atoms. The molecule has 2 fully saturated rings. The number of aromatic nitrogens is 2. The van der Waals surface area contributed by atoms with Crippen LogP contribution in [0.5, 0.6) is 5.75 Å². The first kappa shape index (κ1) is 22.1. The van der Waals surface area contributed by atoms with Crippen LogP contribution in [0.3, 0.4) is 0 Å². The maximum absolute atomic E-state index is 13.4. The monoisotopic (exact) mass is 460 g/mol. The topological polar surface area (TPSA) is 105 Å². The molecule has 8 heteroatoms. The molecule has 3 aromatic rings. The summed E-state index contributed by atoms with van der Waals surface area (Å²) in [6, 6.07) is 13.5. The summed E-state index contributed by atoms with van der Waals surface area (Å²) < 4.78 is 1.47. The van der Waals surface area contributed by atoms with Gasteiger partial charge in [0.2, 0.25) is 5.91 Å². The first-order valence-electron chi connectivity index (χ1n) is 11.9. The minimum absolute atomic E-state index is 0.0232. The lowest BCUT2D eigenvalue weighted by molar-refractivity contribution is -0.127. The molecule has 1 aromatic carbocycles. The van der Waals surface area contributed by atoms with Gasteiger partial charge in [0.15, 0.2) is 5.75 Å². The lowest BCUT2D eigenvalue weighted by atomic mass is 9.93. The van der Waals surface area contributed by atoms with E-state index in [4.69, 9.17) is 0 Å². The van der Waals surface area contributed by atoms with E-state index in [0.717, 1.165) is 36.9 Å². The molecule has 0 radical (unpaired) electrons. The van der Waals surface area contributed by atoms with Gasteiger partial charge in [0.1, 0.15) is 11.1 Å². The van der Waals surface area contributed by atoms with Crippen molar-refractivity contribution < 1.29 is 14.7 Å². The van der Waals surface area contributed by atoms with Crippen molar-refractivity contribution in [2.45, 2.75) is 51.1 Å². The number of fused-ring (bicyclic) bond motifs is 1. The SMILES string of the molecule is O=C(NC1CCC1)c1c(O)c2nc(Cc3ccccc3)ccc2n(CCN2CCCC2=O)c1=O. The number of carbonyl (C=O) groups is 2. The van der Waals surface area contributed by atoms with Crippen molar-refractivity contribution in [3.05, 3.63) is 69.6 Å². The van der Waals surface area contributed by atoms with E-state index in [9.17, 15) is 19.5 Å². The third-order valence-corrected chi connectivity index (χ3v) is 6.80. The van der Waals surface area contributed by atoms with Gasteiger partial charge in [-0.3, -0.25) is 14.4 Å². The second-order valence-electron chi connectivity index (χ2n) is 9.10. The van der Waals surface area contributed by atoms with E-state index in [1.165, 1.54) is 4.57 Å². The van der Waals surface area contributed by atoms with Crippen LogP contribution >= 0.6 is 0 Å². The summed E-state index contributed by atoms with van der Waals surface area (Å²) in [7, 11) is 0. The van der Waals surface area contributed by atoms with Crippen LogP contribution in [0.2, 0.25) is 0 Å². The van der Waals surface area contributed by atoms with Gasteiger partial charge in [-0.15, -0.1) is 0 Å². The number of nitrogens with one attached hydrogen (secondary N) is 1. The maximum Gasteiger partial charge on any atom is 0.267 e. The zero-order valence-corrected chi connectivity index (χ0v) is 19.0. The van der Waals surface area contributed by atoms with Crippen molar-refractivity contribution in [3.8, 4) is 5.75 Å². The number of likely N-dealkylation sites (tertiary alicyclic amines) is 1. The zero-order valence-electron chi connectivity index (χ0n) is 19.0. The summed E-state index contributed by atoms with van der Waals surface area (Å²) in [5.41, 5.74) is 1.62. The van der Waals surface area contributed by atoms with Gasteiger partial charge in [-0.25, -0.2) is 4.98 Å². The van der Waals surface area contributed by atoms with Crippen LogP contribution in [0, 0.1) is 0 Å². The Balaban J connectivity index is 1.56. The molecule has 176 valence electrons. The first-order chi connectivity index (χ1) is 16.5. The van der Waals surface area contributed by atoms with E-state index < -0.39 is 11.5 Å². The molecular formula is C26H28N4O4. The molecule has 8 nitrogen and oxygen atoms in total. The molecule has 1 aliphatic carbocycles. The quantitative estimate of drug-likeness (QED) is 0.564. The van der Waals surface area contributed by atoms with Crippen LogP contribution in [0.25, 0.3) is 11.0 Å². The van der Waals surface area contributed by atoms with Gasteiger partial charge < -0.3 is 19.9 Å². The highest BCUT2D eigenvalue weighted by Gasteiger charge is 2.28. The number of hydrogen-bond donors (Lipinski definition) is 2. The van der Waals surface area contributed by atoms with E-state index in [2.05, 4.69) is 10.3 Å². The highest BCUT2D eigenvalue weighted by Crippen LogP contribution is 2.27.